The molecule has 0 spiro atoms. The van der Waals surface area contributed by atoms with Crippen LogP contribution in [-0.2, 0) is 6.54 Å². The van der Waals surface area contributed by atoms with Crippen LogP contribution >= 0.6 is 0 Å². The Morgan fingerprint density at radius 3 is 2.33 bits per heavy atom. The lowest BCUT2D eigenvalue weighted by Crippen LogP contribution is -2.17. The summed E-state index contributed by atoms with van der Waals surface area (Å²) in [6.07, 6.45) is 0. The van der Waals surface area contributed by atoms with Gasteiger partial charge in [-0.05, 0) is 30.5 Å². The molecule has 0 bridgehead atoms. The molecule has 0 aliphatic rings. The van der Waals surface area contributed by atoms with E-state index >= 15 is 0 Å². The van der Waals surface area contributed by atoms with E-state index in [2.05, 4.69) is 17.4 Å². The molecular weight excluding hydrogens is 190 g/mol. The highest BCUT2D eigenvalue weighted by molar-refractivity contribution is 5.43. The lowest BCUT2D eigenvalue weighted by Gasteiger charge is -2.11. The number of ether oxygens (including phenoxy) is 1. The van der Waals surface area contributed by atoms with Crippen molar-refractivity contribution < 1.29 is 9.84 Å². The summed E-state index contributed by atoms with van der Waals surface area (Å²) >= 11 is 0. The van der Waals surface area contributed by atoms with Crippen molar-refractivity contribution in [2.75, 3.05) is 20.3 Å². The second-order valence-corrected chi connectivity index (χ2v) is 3.66. The van der Waals surface area contributed by atoms with Crippen molar-refractivity contribution in [1.29, 1.82) is 0 Å². The van der Waals surface area contributed by atoms with Gasteiger partial charge in [0.1, 0.15) is 5.75 Å². The van der Waals surface area contributed by atoms with Gasteiger partial charge in [0, 0.05) is 13.1 Å². The van der Waals surface area contributed by atoms with Gasteiger partial charge in [-0.15, -0.1) is 0 Å². The van der Waals surface area contributed by atoms with Crippen LogP contribution in [0.25, 0.3) is 0 Å². The SMILES string of the molecule is COc1c(C)cc(CNCCO)cc1C. The third-order valence-corrected chi connectivity index (χ3v) is 2.34. The van der Waals surface area contributed by atoms with E-state index in [9.17, 15) is 0 Å². The number of aryl methyl sites for hydroxylation is 2. The molecule has 1 rings (SSSR count). The van der Waals surface area contributed by atoms with Gasteiger partial charge in [-0.25, -0.2) is 0 Å². The summed E-state index contributed by atoms with van der Waals surface area (Å²) in [5.74, 6) is 0.959. The normalized spacial score (nSPS) is 10.4. The molecule has 0 amide bonds. The first-order chi connectivity index (χ1) is 7.19. The fourth-order valence-electron chi connectivity index (χ4n) is 1.78. The number of aliphatic hydroxyl groups excluding tert-OH is 1. The molecule has 0 fully saturated rings. The zero-order valence-corrected chi connectivity index (χ0v) is 9.63. The van der Waals surface area contributed by atoms with Crippen molar-refractivity contribution in [3.8, 4) is 5.75 Å². The van der Waals surface area contributed by atoms with E-state index in [0.717, 1.165) is 23.4 Å². The van der Waals surface area contributed by atoms with Crippen LogP contribution in [0.2, 0.25) is 0 Å². The van der Waals surface area contributed by atoms with Crippen LogP contribution in [0.4, 0.5) is 0 Å². The molecule has 0 atom stereocenters. The Bertz CT molecular complexity index is 300. The number of hydrogen-bond donors (Lipinski definition) is 2. The largest absolute Gasteiger partial charge is 0.496 e. The molecule has 84 valence electrons. The third kappa shape index (κ3) is 3.22. The summed E-state index contributed by atoms with van der Waals surface area (Å²) in [6, 6.07) is 4.21. The summed E-state index contributed by atoms with van der Waals surface area (Å²) in [5, 5.41) is 11.8. The van der Waals surface area contributed by atoms with Gasteiger partial charge in [0.2, 0.25) is 0 Å². The average molecular weight is 209 g/mol. The van der Waals surface area contributed by atoms with E-state index in [0.29, 0.717) is 6.54 Å². The third-order valence-electron chi connectivity index (χ3n) is 2.34. The van der Waals surface area contributed by atoms with Crippen molar-refractivity contribution in [2.24, 2.45) is 0 Å². The molecular formula is C12H19NO2. The van der Waals surface area contributed by atoms with E-state index in [-0.39, 0.29) is 6.61 Å². The maximum atomic E-state index is 8.65. The van der Waals surface area contributed by atoms with Gasteiger partial charge in [0.15, 0.2) is 0 Å². The zero-order valence-electron chi connectivity index (χ0n) is 9.63. The highest BCUT2D eigenvalue weighted by Gasteiger charge is 2.04. The predicted octanol–water partition coefficient (Wildman–Crippen LogP) is 1.39. The van der Waals surface area contributed by atoms with Gasteiger partial charge in [-0.2, -0.15) is 0 Å². The zero-order chi connectivity index (χ0) is 11.3. The monoisotopic (exact) mass is 209 g/mol. The quantitative estimate of drug-likeness (QED) is 0.720. The lowest BCUT2D eigenvalue weighted by molar-refractivity contribution is 0.292. The van der Waals surface area contributed by atoms with Crippen molar-refractivity contribution in [3.05, 3.63) is 28.8 Å². The molecule has 1 aromatic rings. The summed E-state index contributed by atoms with van der Waals surface area (Å²) in [6.45, 7) is 5.67. The van der Waals surface area contributed by atoms with Gasteiger partial charge in [-0.1, -0.05) is 12.1 Å². The molecule has 0 radical (unpaired) electrons. The van der Waals surface area contributed by atoms with Crippen molar-refractivity contribution in [2.45, 2.75) is 20.4 Å². The van der Waals surface area contributed by atoms with Crippen LogP contribution in [0.5, 0.6) is 5.75 Å². The number of rotatable bonds is 5. The molecule has 1 aromatic carbocycles. The fraction of sp³-hybridized carbons (Fsp3) is 0.500. The first-order valence-corrected chi connectivity index (χ1v) is 5.14. The number of methoxy groups -OCH3 is 1. The predicted molar refractivity (Wildman–Crippen MR) is 61.3 cm³/mol. The van der Waals surface area contributed by atoms with Crippen LogP contribution in [0.1, 0.15) is 16.7 Å². The molecule has 0 aliphatic carbocycles. The van der Waals surface area contributed by atoms with Crippen LogP contribution in [0, 0.1) is 13.8 Å². The number of nitrogens with one attached hydrogen (secondary N) is 1. The van der Waals surface area contributed by atoms with Crippen LogP contribution in [0.3, 0.4) is 0 Å². The van der Waals surface area contributed by atoms with Crippen LogP contribution in [0.15, 0.2) is 12.1 Å². The second-order valence-electron chi connectivity index (χ2n) is 3.66. The number of aliphatic hydroxyl groups is 1. The Labute approximate surface area is 91.1 Å². The van der Waals surface area contributed by atoms with Gasteiger partial charge in [0.05, 0.1) is 13.7 Å². The Balaban J connectivity index is 2.75. The van der Waals surface area contributed by atoms with Crippen molar-refractivity contribution in [1.82, 2.24) is 5.32 Å². The molecule has 15 heavy (non-hydrogen) atoms. The molecule has 0 aromatic heterocycles. The fourth-order valence-corrected chi connectivity index (χ4v) is 1.78. The Morgan fingerprint density at radius 2 is 1.87 bits per heavy atom. The van der Waals surface area contributed by atoms with E-state index in [1.165, 1.54) is 5.56 Å². The second kappa shape index (κ2) is 5.73. The van der Waals surface area contributed by atoms with Gasteiger partial charge >= 0.3 is 0 Å². The first kappa shape index (κ1) is 12.0. The first-order valence-electron chi connectivity index (χ1n) is 5.14. The summed E-state index contributed by atoms with van der Waals surface area (Å²) in [5.41, 5.74) is 3.52. The van der Waals surface area contributed by atoms with E-state index in [1.54, 1.807) is 7.11 Å². The van der Waals surface area contributed by atoms with Gasteiger partial charge in [-0.3, -0.25) is 0 Å². The van der Waals surface area contributed by atoms with E-state index < -0.39 is 0 Å². The van der Waals surface area contributed by atoms with E-state index in [4.69, 9.17) is 9.84 Å². The van der Waals surface area contributed by atoms with Crippen molar-refractivity contribution in [3.63, 3.8) is 0 Å². The van der Waals surface area contributed by atoms with Crippen LogP contribution < -0.4 is 10.1 Å². The van der Waals surface area contributed by atoms with Crippen LogP contribution in [-0.4, -0.2) is 25.4 Å². The molecule has 2 N–H and O–H groups in total. The summed E-state index contributed by atoms with van der Waals surface area (Å²) < 4.78 is 5.30. The Morgan fingerprint density at radius 1 is 1.27 bits per heavy atom. The minimum atomic E-state index is 0.175. The standard InChI is InChI=1S/C12H19NO2/c1-9-6-11(8-13-4-5-14)7-10(2)12(9)15-3/h6-7,13-14H,4-5,8H2,1-3H3. The molecule has 0 unspecified atom stereocenters. The Hall–Kier alpha value is -1.06. The minimum Gasteiger partial charge on any atom is -0.496 e. The molecule has 0 aliphatic heterocycles. The molecule has 3 nitrogen and oxygen atoms in total. The van der Waals surface area contributed by atoms with Gasteiger partial charge < -0.3 is 15.2 Å². The topological polar surface area (TPSA) is 41.5 Å². The highest BCUT2D eigenvalue weighted by atomic mass is 16.5. The Kier molecular flexibility index (Phi) is 4.59. The molecule has 3 heteroatoms. The maximum Gasteiger partial charge on any atom is 0.124 e. The lowest BCUT2D eigenvalue weighted by atomic mass is 10.1. The maximum absolute atomic E-state index is 8.65. The smallest absolute Gasteiger partial charge is 0.124 e. The van der Waals surface area contributed by atoms with Gasteiger partial charge in [0.25, 0.3) is 0 Å². The summed E-state index contributed by atoms with van der Waals surface area (Å²) in [4.78, 5) is 0. The minimum absolute atomic E-state index is 0.175. The van der Waals surface area contributed by atoms with Crippen molar-refractivity contribution >= 4 is 0 Å². The molecule has 0 saturated heterocycles. The number of benzene rings is 1. The average Bonchev–Trinajstić information content (AvgIpc) is 2.18. The highest BCUT2D eigenvalue weighted by Crippen LogP contribution is 2.24. The molecule has 0 heterocycles. The number of hydrogen-bond acceptors (Lipinski definition) is 3. The molecule has 0 saturated carbocycles. The van der Waals surface area contributed by atoms with E-state index in [1.807, 2.05) is 13.8 Å². The summed E-state index contributed by atoms with van der Waals surface area (Å²) in [7, 11) is 1.69.